The predicted molar refractivity (Wildman–Crippen MR) is 73.8 cm³/mol. The van der Waals surface area contributed by atoms with E-state index in [1.54, 1.807) is 12.1 Å². The van der Waals surface area contributed by atoms with Gasteiger partial charge in [0.15, 0.2) is 0 Å². The molecule has 2 aliphatic rings. The van der Waals surface area contributed by atoms with Crippen molar-refractivity contribution in [1.82, 2.24) is 0 Å². The fraction of sp³-hybridized carbons (Fsp3) is 0.500. The zero-order valence-electron chi connectivity index (χ0n) is 10.7. The van der Waals surface area contributed by atoms with Crippen LogP contribution in [-0.4, -0.2) is 30.2 Å². The highest BCUT2D eigenvalue weighted by Gasteiger charge is 2.42. The molecule has 19 heavy (non-hydrogen) atoms. The van der Waals surface area contributed by atoms with Crippen molar-refractivity contribution in [2.75, 3.05) is 23.7 Å². The zero-order chi connectivity index (χ0) is 13.6. The van der Waals surface area contributed by atoms with Gasteiger partial charge in [0.05, 0.1) is 11.7 Å². The molecule has 1 aromatic carbocycles. The Morgan fingerprint density at radius 3 is 2.79 bits per heavy atom. The Morgan fingerprint density at radius 1 is 1.32 bits per heavy atom. The molecule has 0 spiro atoms. The average molecular weight is 261 g/mol. The lowest BCUT2D eigenvalue weighted by Gasteiger charge is -2.22. The maximum atomic E-state index is 11.5. The first-order chi connectivity index (χ1) is 9.06. The van der Waals surface area contributed by atoms with Crippen molar-refractivity contribution < 1.29 is 9.90 Å². The van der Waals surface area contributed by atoms with E-state index in [2.05, 4.69) is 4.90 Å². The van der Waals surface area contributed by atoms with Gasteiger partial charge in [0.1, 0.15) is 0 Å². The number of hydrogen-bond acceptors (Lipinski definition) is 4. The van der Waals surface area contributed by atoms with Gasteiger partial charge in [0.25, 0.3) is 5.91 Å². The summed E-state index contributed by atoms with van der Waals surface area (Å²) in [6, 6.07) is 5.26. The number of aliphatic hydroxyl groups is 1. The molecule has 1 aliphatic carbocycles. The van der Waals surface area contributed by atoms with Gasteiger partial charge >= 0.3 is 0 Å². The highest BCUT2D eigenvalue weighted by molar-refractivity contribution is 5.99. The molecule has 3 rings (SSSR count). The smallest absolute Gasteiger partial charge is 0.250 e. The number of benzene rings is 1. The van der Waals surface area contributed by atoms with E-state index in [1.165, 1.54) is 0 Å². The van der Waals surface area contributed by atoms with Crippen LogP contribution < -0.4 is 16.4 Å². The monoisotopic (exact) mass is 261 g/mol. The largest absolute Gasteiger partial charge is 0.399 e. The van der Waals surface area contributed by atoms with Crippen LogP contribution in [0.25, 0.3) is 0 Å². The Hall–Kier alpha value is -1.75. The minimum absolute atomic E-state index is 0.208. The lowest BCUT2D eigenvalue weighted by Crippen LogP contribution is -2.27. The second-order valence-corrected chi connectivity index (χ2v) is 5.61. The quantitative estimate of drug-likeness (QED) is 0.679. The maximum Gasteiger partial charge on any atom is 0.250 e. The number of fused-ring (bicyclic) bond motifs is 1. The van der Waals surface area contributed by atoms with Crippen molar-refractivity contribution in [3.63, 3.8) is 0 Å². The highest BCUT2D eigenvalue weighted by Crippen LogP contribution is 2.40. The zero-order valence-corrected chi connectivity index (χ0v) is 10.7. The van der Waals surface area contributed by atoms with Crippen molar-refractivity contribution in [2.45, 2.75) is 18.9 Å². The van der Waals surface area contributed by atoms with Crippen LogP contribution in [0.15, 0.2) is 18.2 Å². The van der Waals surface area contributed by atoms with E-state index < -0.39 is 5.91 Å². The standard InChI is InChI=1S/C14H19N3O2/c15-9-2-3-12(10(5-9)14(16)19)17-6-8-1-4-13(18)11(8)7-17/h2-3,5,8,11,13,18H,1,4,6-7,15H2,(H2,16,19). The first kappa shape index (κ1) is 12.3. The molecule has 1 saturated heterocycles. The summed E-state index contributed by atoms with van der Waals surface area (Å²) < 4.78 is 0. The molecule has 0 aromatic heterocycles. The van der Waals surface area contributed by atoms with Gasteiger partial charge in [0, 0.05) is 30.4 Å². The van der Waals surface area contributed by atoms with Crippen molar-refractivity contribution in [3.05, 3.63) is 23.8 Å². The number of carbonyl (C=O) groups excluding carboxylic acids is 1. The van der Waals surface area contributed by atoms with Crippen LogP contribution in [-0.2, 0) is 0 Å². The molecule has 5 heteroatoms. The summed E-state index contributed by atoms with van der Waals surface area (Å²) in [5, 5.41) is 9.95. The SMILES string of the molecule is NC(=O)c1cc(N)ccc1N1CC2CCC(O)C2C1. The molecule has 5 N–H and O–H groups in total. The van der Waals surface area contributed by atoms with Crippen LogP contribution in [0.2, 0.25) is 0 Å². The Bertz CT molecular complexity index is 517. The fourth-order valence-electron chi connectivity index (χ4n) is 3.46. The van der Waals surface area contributed by atoms with Gasteiger partial charge in [-0.1, -0.05) is 0 Å². The van der Waals surface area contributed by atoms with Crippen molar-refractivity contribution in [2.24, 2.45) is 17.6 Å². The van der Waals surface area contributed by atoms with E-state index >= 15 is 0 Å². The number of primary amides is 1. The minimum Gasteiger partial charge on any atom is -0.399 e. The van der Waals surface area contributed by atoms with Gasteiger partial charge in [-0.25, -0.2) is 0 Å². The summed E-state index contributed by atoms with van der Waals surface area (Å²) >= 11 is 0. The number of nitrogens with zero attached hydrogens (tertiary/aromatic N) is 1. The summed E-state index contributed by atoms with van der Waals surface area (Å²) in [7, 11) is 0. The number of aliphatic hydroxyl groups excluding tert-OH is 1. The Morgan fingerprint density at radius 2 is 2.11 bits per heavy atom. The molecule has 1 heterocycles. The normalized spacial score (nSPS) is 29.5. The van der Waals surface area contributed by atoms with Crippen LogP contribution in [0.5, 0.6) is 0 Å². The lowest BCUT2D eigenvalue weighted by atomic mass is 10.00. The van der Waals surface area contributed by atoms with Gasteiger partial charge < -0.3 is 21.5 Å². The third kappa shape index (κ3) is 2.04. The van der Waals surface area contributed by atoms with E-state index in [4.69, 9.17) is 11.5 Å². The van der Waals surface area contributed by atoms with E-state index in [0.717, 1.165) is 31.6 Å². The number of nitrogen functional groups attached to an aromatic ring is 1. The molecular weight excluding hydrogens is 242 g/mol. The number of carbonyl (C=O) groups is 1. The molecule has 1 saturated carbocycles. The molecule has 0 bridgehead atoms. The third-order valence-electron chi connectivity index (χ3n) is 4.45. The van der Waals surface area contributed by atoms with Gasteiger partial charge in [0.2, 0.25) is 0 Å². The van der Waals surface area contributed by atoms with E-state index in [-0.39, 0.29) is 6.10 Å². The van der Waals surface area contributed by atoms with E-state index in [9.17, 15) is 9.90 Å². The Kier molecular flexibility index (Phi) is 2.86. The topological polar surface area (TPSA) is 92.6 Å². The molecule has 0 radical (unpaired) electrons. The number of nitrogens with two attached hydrogens (primary N) is 2. The van der Waals surface area contributed by atoms with Gasteiger partial charge in [-0.05, 0) is 37.0 Å². The maximum absolute atomic E-state index is 11.5. The molecule has 1 aliphatic heterocycles. The van der Waals surface area contributed by atoms with Crippen LogP contribution in [0.1, 0.15) is 23.2 Å². The van der Waals surface area contributed by atoms with Crippen molar-refractivity contribution in [3.8, 4) is 0 Å². The molecule has 3 unspecified atom stereocenters. The second-order valence-electron chi connectivity index (χ2n) is 5.61. The summed E-state index contributed by atoms with van der Waals surface area (Å²) in [5.41, 5.74) is 13.0. The minimum atomic E-state index is -0.458. The summed E-state index contributed by atoms with van der Waals surface area (Å²) in [4.78, 5) is 13.7. The van der Waals surface area contributed by atoms with Gasteiger partial charge in [-0.3, -0.25) is 4.79 Å². The van der Waals surface area contributed by atoms with E-state index in [1.807, 2.05) is 6.07 Å². The molecule has 1 aromatic rings. The highest BCUT2D eigenvalue weighted by atomic mass is 16.3. The fourth-order valence-corrected chi connectivity index (χ4v) is 3.46. The molecule has 3 atom stereocenters. The van der Waals surface area contributed by atoms with Crippen LogP contribution in [0.4, 0.5) is 11.4 Å². The molecule has 2 fully saturated rings. The van der Waals surface area contributed by atoms with E-state index in [0.29, 0.717) is 23.1 Å². The van der Waals surface area contributed by atoms with Crippen LogP contribution in [0, 0.1) is 11.8 Å². The summed E-state index contributed by atoms with van der Waals surface area (Å²) in [6.07, 6.45) is 1.75. The van der Waals surface area contributed by atoms with Crippen LogP contribution in [0.3, 0.4) is 0 Å². The summed E-state index contributed by atoms with van der Waals surface area (Å²) in [6.45, 7) is 1.67. The Balaban J connectivity index is 1.90. The number of amides is 1. The lowest BCUT2D eigenvalue weighted by molar-refractivity contribution is 0.100. The molecule has 1 amide bonds. The second kappa shape index (κ2) is 4.42. The van der Waals surface area contributed by atoms with Crippen molar-refractivity contribution >= 4 is 17.3 Å². The number of rotatable bonds is 2. The first-order valence-electron chi connectivity index (χ1n) is 6.68. The third-order valence-corrected chi connectivity index (χ3v) is 4.45. The van der Waals surface area contributed by atoms with Gasteiger partial charge in [-0.2, -0.15) is 0 Å². The summed E-state index contributed by atoms with van der Waals surface area (Å²) in [5.74, 6) is 0.381. The number of anilines is 2. The Labute approximate surface area is 112 Å². The average Bonchev–Trinajstić information content (AvgIpc) is 2.92. The molecule has 102 valence electrons. The van der Waals surface area contributed by atoms with Crippen LogP contribution >= 0.6 is 0 Å². The molecular formula is C14H19N3O2. The van der Waals surface area contributed by atoms with Crippen molar-refractivity contribution in [1.29, 1.82) is 0 Å². The first-order valence-corrected chi connectivity index (χ1v) is 6.68. The number of hydrogen-bond donors (Lipinski definition) is 3. The molecule has 5 nitrogen and oxygen atoms in total. The van der Waals surface area contributed by atoms with Gasteiger partial charge in [-0.15, -0.1) is 0 Å². The predicted octanol–water partition coefficient (Wildman–Crippen LogP) is 0.575.